The largest absolute Gasteiger partial charge is 0.486 e. The Kier molecular flexibility index (Phi) is 4.74. The zero-order valence-electron chi connectivity index (χ0n) is 14.6. The average Bonchev–Trinajstić information content (AvgIpc) is 3.13. The SMILES string of the molecule is CNCc1c(NC(=O)c2nsc3ccccc23)cc2c(c1C=O)OCCO2. The van der Waals surface area contributed by atoms with Crippen LogP contribution in [0.4, 0.5) is 5.69 Å². The van der Waals surface area contributed by atoms with E-state index in [-0.39, 0.29) is 5.91 Å². The van der Waals surface area contributed by atoms with Gasteiger partial charge in [-0.15, -0.1) is 0 Å². The summed E-state index contributed by atoms with van der Waals surface area (Å²) in [4.78, 5) is 24.6. The molecule has 0 saturated heterocycles. The smallest absolute Gasteiger partial charge is 0.276 e. The number of nitrogens with zero attached hydrogens (tertiary/aromatic N) is 1. The molecular weight excluding hydrogens is 366 g/mol. The van der Waals surface area contributed by atoms with Gasteiger partial charge in [-0.05, 0) is 24.6 Å². The number of hydrogen-bond donors (Lipinski definition) is 2. The van der Waals surface area contributed by atoms with Gasteiger partial charge in [0.25, 0.3) is 5.91 Å². The Morgan fingerprint density at radius 1 is 1.30 bits per heavy atom. The Morgan fingerprint density at radius 2 is 2.11 bits per heavy atom. The first-order valence-corrected chi connectivity index (χ1v) is 9.21. The van der Waals surface area contributed by atoms with Gasteiger partial charge in [0.05, 0.1) is 16.0 Å². The molecule has 2 heterocycles. The summed E-state index contributed by atoms with van der Waals surface area (Å²) in [6, 6.07) is 9.26. The van der Waals surface area contributed by atoms with Crippen molar-refractivity contribution in [3.8, 4) is 11.5 Å². The molecule has 3 aromatic rings. The van der Waals surface area contributed by atoms with Crippen molar-refractivity contribution in [2.24, 2.45) is 0 Å². The minimum absolute atomic E-state index is 0.335. The van der Waals surface area contributed by atoms with Gasteiger partial charge in [-0.1, -0.05) is 18.2 Å². The van der Waals surface area contributed by atoms with E-state index in [1.54, 1.807) is 13.1 Å². The molecule has 0 unspecified atom stereocenters. The summed E-state index contributed by atoms with van der Waals surface area (Å²) in [6.45, 7) is 1.16. The minimum atomic E-state index is -0.335. The van der Waals surface area contributed by atoms with E-state index in [1.807, 2.05) is 24.3 Å². The molecule has 27 heavy (non-hydrogen) atoms. The molecule has 0 spiro atoms. The number of benzene rings is 2. The van der Waals surface area contributed by atoms with Crippen molar-refractivity contribution in [3.05, 3.63) is 47.2 Å². The van der Waals surface area contributed by atoms with E-state index in [9.17, 15) is 9.59 Å². The molecule has 1 aromatic heterocycles. The number of amides is 1. The first-order chi connectivity index (χ1) is 13.2. The summed E-state index contributed by atoms with van der Waals surface area (Å²) >= 11 is 1.27. The summed E-state index contributed by atoms with van der Waals surface area (Å²) in [5.41, 5.74) is 1.87. The van der Waals surface area contributed by atoms with Gasteiger partial charge in [0.1, 0.15) is 18.9 Å². The molecule has 0 bridgehead atoms. The van der Waals surface area contributed by atoms with E-state index >= 15 is 0 Å². The highest BCUT2D eigenvalue weighted by Crippen LogP contribution is 2.39. The molecule has 2 aromatic carbocycles. The van der Waals surface area contributed by atoms with Crippen LogP contribution in [0.25, 0.3) is 10.1 Å². The highest BCUT2D eigenvalue weighted by molar-refractivity contribution is 7.13. The van der Waals surface area contributed by atoms with Crippen LogP contribution in [-0.4, -0.2) is 36.8 Å². The number of aromatic nitrogens is 1. The number of aldehydes is 1. The number of carbonyl (C=O) groups is 2. The molecule has 0 atom stereocenters. The lowest BCUT2D eigenvalue weighted by Crippen LogP contribution is -2.21. The number of nitrogens with one attached hydrogen (secondary N) is 2. The molecule has 1 aliphatic heterocycles. The Morgan fingerprint density at radius 3 is 2.93 bits per heavy atom. The molecule has 0 radical (unpaired) electrons. The first-order valence-electron chi connectivity index (χ1n) is 8.44. The van der Waals surface area contributed by atoms with Gasteiger partial charge in [0.2, 0.25) is 0 Å². The fraction of sp³-hybridized carbons (Fsp3) is 0.211. The normalized spacial score (nSPS) is 12.8. The van der Waals surface area contributed by atoms with Crippen LogP contribution in [-0.2, 0) is 6.54 Å². The van der Waals surface area contributed by atoms with Crippen molar-refractivity contribution >= 4 is 39.5 Å². The molecule has 138 valence electrons. The third-order valence-corrected chi connectivity index (χ3v) is 5.12. The lowest BCUT2D eigenvalue weighted by atomic mass is 10.0. The predicted molar refractivity (Wildman–Crippen MR) is 103 cm³/mol. The van der Waals surface area contributed by atoms with E-state index in [0.717, 1.165) is 16.4 Å². The summed E-state index contributed by atoms with van der Waals surface area (Å²) in [5, 5.41) is 6.70. The molecular formula is C19H17N3O4S. The van der Waals surface area contributed by atoms with Gasteiger partial charge in [-0.3, -0.25) is 9.59 Å². The molecule has 4 rings (SSSR count). The van der Waals surface area contributed by atoms with Crippen LogP contribution in [0.3, 0.4) is 0 Å². The minimum Gasteiger partial charge on any atom is -0.486 e. The van der Waals surface area contributed by atoms with Gasteiger partial charge >= 0.3 is 0 Å². The topological polar surface area (TPSA) is 89.6 Å². The zero-order valence-corrected chi connectivity index (χ0v) is 15.4. The highest BCUT2D eigenvalue weighted by Gasteiger charge is 2.24. The summed E-state index contributed by atoms with van der Waals surface area (Å²) in [6.07, 6.45) is 0.730. The third-order valence-electron chi connectivity index (χ3n) is 4.29. The highest BCUT2D eigenvalue weighted by atomic mass is 32.1. The van der Waals surface area contributed by atoms with Crippen molar-refractivity contribution in [2.75, 3.05) is 25.6 Å². The van der Waals surface area contributed by atoms with Crippen LogP contribution < -0.4 is 20.1 Å². The summed E-state index contributed by atoms with van der Waals surface area (Å²) < 4.78 is 16.5. The first kappa shape index (κ1) is 17.4. The fourth-order valence-corrected chi connectivity index (χ4v) is 3.86. The Hall–Kier alpha value is -2.97. The molecule has 1 aliphatic rings. The van der Waals surface area contributed by atoms with Crippen molar-refractivity contribution in [1.29, 1.82) is 0 Å². The molecule has 2 N–H and O–H groups in total. The average molecular weight is 383 g/mol. The summed E-state index contributed by atoms with van der Waals surface area (Å²) in [7, 11) is 1.77. The fourth-order valence-electron chi connectivity index (χ4n) is 3.08. The maximum Gasteiger partial charge on any atom is 0.276 e. The molecule has 7 nitrogen and oxygen atoms in total. The lowest BCUT2D eigenvalue weighted by molar-refractivity contribution is 0.102. The molecule has 0 fully saturated rings. The number of anilines is 1. The zero-order chi connectivity index (χ0) is 18.8. The van der Waals surface area contributed by atoms with Crippen molar-refractivity contribution in [3.63, 3.8) is 0 Å². The van der Waals surface area contributed by atoms with Crippen LogP contribution >= 0.6 is 11.5 Å². The Balaban J connectivity index is 1.76. The second-order valence-electron chi connectivity index (χ2n) is 5.97. The predicted octanol–water partition coefficient (Wildman–Crippen LogP) is 2.85. The maximum absolute atomic E-state index is 12.9. The quantitative estimate of drug-likeness (QED) is 0.659. The van der Waals surface area contributed by atoms with E-state index < -0.39 is 0 Å². The summed E-state index contributed by atoms with van der Waals surface area (Å²) in [5.74, 6) is 0.526. The van der Waals surface area contributed by atoms with Crippen LogP contribution in [0.2, 0.25) is 0 Å². The molecule has 1 amide bonds. The van der Waals surface area contributed by atoms with Crippen LogP contribution in [0, 0.1) is 0 Å². The van der Waals surface area contributed by atoms with Gasteiger partial charge in [-0.25, -0.2) is 0 Å². The van der Waals surface area contributed by atoms with Gasteiger partial charge < -0.3 is 20.1 Å². The number of carbonyl (C=O) groups excluding carboxylic acids is 2. The van der Waals surface area contributed by atoms with Crippen molar-refractivity contribution < 1.29 is 19.1 Å². The van der Waals surface area contributed by atoms with Gasteiger partial charge in [-0.2, -0.15) is 4.37 Å². The standard InChI is InChI=1S/C19H17N3O4S/c1-20-9-12-13(10-23)18-15(25-6-7-26-18)8-14(12)21-19(24)17-11-4-2-3-5-16(11)27-22-17/h2-5,8,10,20H,6-7,9H2,1H3,(H,21,24). The van der Waals surface area contributed by atoms with Crippen LogP contribution in [0.1, 0.15) is 26.4 Å². The Labute approximate surface area is 159 Å². The van der Waals surface area contributed by atoms with E-state index in [2.05, 4.69) is 15.0 Å². The molecule has 0 saturated carbocycles. The number of hydrogen-bond acceptors (Lipinski definition) is 7. The second-order valence-corrected chi connectivity index (χ2v) is 6.78. The molecule has 0 aliphatic carbocycles. The van der Waals surface area contributed by atoms with Crippen molar-refractivity contribution in [1.82, 2.24) is 9.69 Å². The lowest BCUT2D eigenvalue weighted by Gasteiger charge is -2.23. The van der Waals surface area contributed by atoms with Crippen LogP contribution in [0.5, 0.6) is 11.5 Å². The third kappa shape index (κ3) is 3.13. The Bertz CT molecular complexity index is 1030. The number of fused-ring (bicyclic) bond motifs is 2. The van der Waals surface area contributed by atoms with Gasteiger partial charge in [0, 0.05) is 23.6 Å². The van der Waals surface area contributed by atoms with E-state index in [0.29, 0.717) is 53.8 Å². The number of ether oxygens (including phenoxy) is 2. The van der Waals surface area contributed by atoms with Crippen LogP contribution in [0.15, 0.2) is 30.3 Å². The molecule has 8 heteroatoms. The monoisotopic (exact) mass is 383 g/mol. The van der Waals surface area contributed by atoms with Gasteiger partial charge in [0.15, 0.2) is 17.8 Å². The maximum atomic E-state index is 12.9. The van der Waals surface area contributed by atoms with E-state index in [4.69, 9.17) is 9.47 Å². The second kappa shape index (κ2) is 7.34. The van der Waals surface area contributed by atoms with Crippen molar-refractivity contribution in [2.45, 2.75) is 6.54 Å². The van der Waals surface area contributed by atoms with E-state index in [1.165, 1.54) is 11.5 Å². The number of rotatable bonds is 5.